The van der Waals surface area contributed by atoms with Crippen molar-refractivity contribution in [2.45, 2.75) is 32.1 Å². The molecule has 0 radical (unpaired) electrons. The van der Waals surface area contributed by atoms with Crippen molar-refractivity contribution in [2.75, 3.05) is 19.5 Å². The van der Waals surface area contributed by atoms with Gasteiger partial charge in [0, 0.05) is 20.3 Å². The van der Waals surface area contributed by atoms with Gasteiger partial charge in [-0.15, -0.1) is 0 Å². The third-order valence-corrected chi connectivity index (χ3v) is 2.90. The van der Waals surface area contributed by atoms with Crippen molar-refractivity contribution in [2.24, 2.45) is 0 Å². The number of ether oxygens (including phenoxy) is 2. The Bertz CT molecular complexity index is 364. The molecule has 1 aromatic rings. The van der Waals surface area contributed by atoms with E-state index >= 15 is 0 Å². The molecule has 0 amide bonds. The molecule has 1 atom stereocenters. The molecule has 1 aliphatic heterocycles. The van der Waals surface area contributed by atoms with Gasteiger partial charge in [-0.05, 0) is 31.4 Å². The Morgan fingerprint density at radius 3 is 2.81 bits per heavy atom. The average molecular weight is 222 g/mol. The first-order chi connectivity index (χ1) is 7.74. The van der Waals surface area contributed by atoms with E-state index in [1.165, 1.54) is 5.56 Å². The number of aromatic nitrogens is 1. The molecule has 0 bridgehead atoms. The smallest absolute Gasteiger partial charge is 0.200 e. The van der Waals surface area contributed by atoms with Crippen LogP contribution in [0.5, 0.6) is 0 Å². The minimum Gasteiger partial charge on any atom is -0.367 e. The summed E-state index contributed by atoms with van der Waals surface area (Å²) >= 11 is 0. The monoisotopic (exact) mass is 222 g/mol. The standard InChI is InChI=1S/C12H18N2O2/c1-8-4-5-9-6-7-10(12(15-2)16-3)14-11(9)13-8/h6-8,12H,4-5H2,1-3H3,(H,13,14). The van der Waals surface area contributed by atoms with Gasteiger partial charge in [-0.1, -0.05) is 6.07 Å². The maximum absolute atomic E-state index is 5.19. The number of fused-ring (bicyclic) bond motifs is 1. The molecule has 16 heavy (non-hydrogen) atoms. The molecule has 1 aliphatic rings. The summed E-state index contributed by atoms with van der Waals surface area (Å²) in [4.78, 5) is 4.54. The van der Waals surface area contributed by atoms with Crippen LogP contribution in [0.3, 0.4) is 0 Å². The lowest BCUT2D eigenvalue weighted by molar-refractivity contribution is -0.108. The summed E-state index contributed by atoms with van der Waals surface area (Å²) in [6, 6.07) is 4.55. The summed E-state index contributed by atoms with van der Waals surface area (Å²) in [7, 11) is 3.23. The molecule has 4 nitrogen and oxygen atoms in total. The van der Waals surface area contributed by atoms with Crippen LogP contribution in [0.1, 0.15) is 30.9 Å². The molecule has 1 N–H and O–H groups in total. The molecule has 0 spiro atoms. The third-order valence-electron chi connectivity index (χ3n) is 2.90. The van der Waals surface area contributed by atoms with Crippen LogP contribution < -0.4 is 5.32 Å². The van der Waals surface area contributed by atoms with Crippen molar-refractivity contribution in [1.29, 1.82) is 0 Å². The highest BCUT2D eigenvalue weighted by Crippen LogP contribution is 2.25. The highest BCUT2D eigenvalue weighted by molar-refractivity contribution is 5.48. The number of hydrogen-bond donors (Lipinski definition) is 1. The number of methoxy groups -OCH3 is 2. The quantitative estimate of drug-likeness (QED) is 0.795. The zero-order chi connectivity index (χ0) is 11.5. The zero-order valence-corrected chi connectivity index (χ0v) is 9.99. The van der Waals surface area contributed by atoms with E-state index in [1.54, 1.807) is 14.2 Å². The van der Waals surface area contributed by atoms with Crippen molar-refractivity contribution < 1.29 is 9.47 Å². The van der Waals surface area contributed by atoms with Crippen LogP contribution in [0.15, 0.2) is 12.1 Å². The van der Waals surface area contributed by atoms with Gasteiger partial charge in [-0.25, -0.2) is 4.98 Å². The maximum atomic E-state index is 5.19. The lowest BCUT2D eigenvalue weighted by atomic mass is 10.0. The molecule has 2 rings (SSSR count). The van der Waals surface area contributed by atoms with Gasteiger partial charge in [0.1, 0.15) is 5.82 Å². The van der Waals surface area contributed by atoms with E-state index in [4.69, 9.17) is 9.47 Å². The fourth-order valence-corrected chi connectivity index (χ4v) is 1.98. The highest BCUT2D eigenvalue weighted by Gasteiger charge is 2.18. The average Bonchev–Trinajstić information content (AvgIpc) is 2.30. The first-order valence-electron chi connectivity index (χ1n) is 5.56. The van der Waals surface area contributed by atoms with Crippen LogP contribution in [-0.2, 0) is 15.9 Å². The zero-order valence-electron chi connectivity index (χ0n) is 9.99. The van der Waals surface area contributed by atoms with Gasteiger partial charge < -0.3 is 14.8 Å². The van der Waals surface area contributed by atoms with Crippen LogP contribution in [-0.4, -0.2) is 25.2 Å². The van der Waals surface area contributed by atoms with Crippen LogP contribution in [0.25, 0.3) is 0 Å². The topological polar surface area (TPSA) is 43.4 Å². The second kappa shape index (κ2) is 4.80. The van der Waals surface area contributed by atoms with Gasteiger partial charge in [0.05, 0.1) is 5.69 Å². The van der Waals surface area contributed by atoms with Crippen LogP contribution in [0, 0.1) is 0 Å². The number of nitrogens with one attached hydrogen (secondary N) is 1. The Hall–Kier alpha value is -1.13. The van der Waals surface area contributed by atoms with Gasteiger partial charge in [-0.3, -0.25) is 0 Å². The molecule has 0 aliphatic carbocycles. The van der Waals surface area contributed by atoms with E-state index in [2.05, 4.69) is 23.3 Å². The minimum atomic E-state index is -0.385. The highest BCUT2D eigenvalue weighted by atomic mass is 16.7. The molecule has 4 heteroatoms. The first-order valence-corrected chi connectivity index (χ1v) is 5.56. The van der Waals surface area contributed by atoms with Gasteiger partial charge in [0.15, 0.2) is 0 Å². The summed E-state index contributed by atoms with van der Waals surface area (Å²) < 4.78 is 10.4. The molecule has 1 aromatic heterocycles. The summed E-state index contributed by atoms with van der Waals surface area (Å²) in [5.74, 6) is 0.968. The van der Waals surface area contributed by atoms with Gasteiger partial charge in [-0.2, -0.15) is 0 Å². The molecule has 0 fully saturated rings. The minimum absolute atomic E-state index is 0.385. The Balaban J connectivity index is 2.27. The van der Waals surface area contributed by atoms with E-state index in [1.807, 2.05) is 6.07 Å². The fraction of sp³-hybridized carbons (Fsp3) is 0.583. The second-order valence-electron chi connectivity index (χ2n) is 4.13. The van der Waals surface area contributed by atoms with Crippen molar-refractivity contribution >= 4 is 5.82 Å². The van der Waals surface area contributed by atoms with Crippen molar-refractivity contribution in [3.8, 4) is 0 Å². The van der Waals surface area contributed by atoms with E-state index in [0.29, 0.717) is 6.04 Å². The Morgan fingerprint density at radius 2 is 2.12 bits per heavy atom. The van der Waals surface area contributed by atoms with E-state index in [0.717, 1.165) is 24.4 Å². The number of rotatable bonds is 3. The second-order valence-corrected chi connectivity index (χ2v) is 4.13. The third kappa shape index (κ3) is 2.18. The van der Waals surface area contributed by atoms with Crippen molar-refractivity contribution in [1.82, 2.24) is 4.98 Å². The number of nitrogens with zero attached hydrogens (tertiary/aromatic N) is 1. The Morgan fingerprint density at radius 1 is 1.38 bits per heavy atom. The number of aryl methyl sites for hydroxylation is 1. The van der Waals surface area contributed by atoms with Crippen molar-refractivity contribution in [3.63, 3.8) is 0 Å². The number of pyridine rings is 1. The lowest BCUT2D eigenvalue weighted by Gasteiger charge is -2.24. The maximum Gasteiger partial charge on any atom is 0.200 e. The predicted octanol–water partition coefficient (Wildman–Crippen LogP) is 2.12. The molecule has 1 unspecified atom stereocenters. The normalized spacial score (nSPS) is 19.4. The molecule has 0 aromatic carbocycles. The molecular formula is C12H18N2O2. The summed E-state index contributed by atoms with van der Waals surface area (Å²) in [5.41, 5.74) is 2.08. The van der Waals surface area contributed by atoms with Crippen molar-refractivity contribution in [3.05, 3.63) is 23.4 Å². The Kier molecular flexibility index (Phi) is 3.41. The molecule has 0 saturated heterocycles. The van der Waals surface area contributed by atoms with E-state index < -0.39 is 0 Å². The van der Waals surface area contributed by atoms with Crippen LogP contribution in [0.2, 0.25) is 0 Å². The van der Waals surface area contributed by atoms with Gasteiger partial charge >= 0.3 is 0 Å². The summed E-state index contributed by atoms with van der Waals surface area (Å²) in [6.07, 6.45) is 1.86. The lowest BCUT2D eigenvalue weighted by Crippen LogP contribution is -2.23. The number of hydrogen-bond acceptors (Lipinski definition) is 4. The van der Waals surface area contributed by atoms with Crippen LogP contribution in [0.4, 0.5) is 5.82 Å². The summed E-state index contributed by atoms with van der Waals surface area (Å²) in [5, 5.41) is 3.38. The molecular weight excluding hydrogens is 204 g/mol. The van der Waals surface area contributed by atoms with E-state index in [9.17, 15) is 0 Å². The molecule has 88 valence electrons. The SMILES string of the molecule is COC(OC)c1ccc2c(n1)NC(C)CC2. The first kappa shape index (κ1) is 11.4. The van der Waals surface area contributed by atoms with Crippen LogP contribution >= 0.6 is 0 Å². The number of anilines is 1. The largest absolute Gasteiger partial charge is 0.367 e. The molecule has 2 heterocycles. The Labute approximate surface area is 96.0 Å². The van der Waals surface area contributed by atoms with Gasteiger partial charge in [0.2, 0.25) is 6.29 Å². The van der Waals surface area contributed by atoms with E-state index in [-0.39, 0.29) is 6.29 Å². The fourth-order valence-electron chi connectivity index (χ4n) is 1.98. The van der Waals surface area contributed by atoms with Gasteiger partial charge in [0.25, 0.3) is 0 Å². The summed E-state index contributed by atoms with van der Waals surface area (Å²) in [6.45, 7) is 2.17. The molecule has 0 saturated carbocycles. The predicted molar refractivity (Wildman–Crippen MR) is 62.4 cm³/mol.